The first-order valence-electron chi connectivity index (χ1n) is 12.8. The summed E-state index contributed by atoms with van der Waals surface area (Å²) in [5.74, 6) is -0.470. The number of carbonyl (C=O) groups is 3. The summed E-state index contributed by atoms with van der Waals surface area (Å²) in [6.07, 6.45) is 3.23. The van der Waals surface area contributed by atoms with E-state index >= 15 is 0 Å². The maximum Gasteiger partial charge on any atom is 0.407 e. The third-order valence-electron chi connectivity index (χ3n) is 6.66. The number of thioether (sulfide) groups is 1. The molecule has 1 aromatic carbocycles. The summed E-state index contributed by atoms with van der Waals surface area (Å²) in [6, 6.07) is 7.82. The normalized spacial score (nSPS) is 21.9. The van der Waals surface area contributed by atoms with E-state index in [1.54, 1.807) is 20.8 Å². The largest absolute Gasteiger partial charge is 0.444 e. The van der Waals surface area contributed by atoms with Crippen LogP contribution in [0.25, 0.3) is 0 Å². The van der Waals surface area contributed by atoms with Crippen molar-refractivity contribution in [3.05, 3.63) is 35.9 Å². The molecule has 0 unspecified atom stereocenters. The van der Waals surface area contributed by atoms with Gasteiger partial charge in [-0.15, -0.1) is 11.8 Å². The molecule has 2 aliphatic rings. The first kappa shape index (κ1) is 28.3. The lowest BCUT2D eigenvalue weighted by Gasteiger charge is -2.35. The number of benzene rings is 1. The Labute approximate surface area is 218 Å². The van der Waals surface area contributed by atoms with Gasteiger partial charge in [-0.25, -0.2) is 4.79 Å². The molecule has 200 valence electrons. The Balaban J connectivity index is 1.78. The average Bonchev–Trinajstić information content (AvgIpc) is 3.12. The number of carbonyl (C=O) groups excluding carboxylic acids is 3. The van der Waals surface area contributed by atoms with Crippen LogP contribution in [0.2, 0.25) is 0 Å². The molecule has 1 heterocycles. The topological polar surface area (TPSA) is 108 Å². The summed E-state index contributed by atoms with van der Waals surface area (Å²) in [4.78, 5) is 41.0. The number of aliphatic hydroxyl groups is 1. The van der Waals surface area contributed by atoms with Gasteiger partial charge in [0.05, 0.1) is 11.9 Å². The van der Waals surface area contributed by atoms with E-state index in [-0.39, 0.29) is 24.2 Å². The zero-order chi connectivity index (χ0) is 26.5. The quantitative estimate of drug-likeness (QED) is 0.508. The van der Waals surface area contributed by atoms with Crippen LogP contribution in [0.1, 0.15) is 72.3 Å². The second kappa shape index (κ2) is 11.9. The highest BCUT2D eigenvalue weighted by Crippen LogP contribution is 2.40. The number of rotatable bonds is 7. The molecule has 0 radical (unpaired) electrons. The molecule has 36 heavy (non-hydrogen) atoms. The lowest BCUT2D eigenvalue weighted by Crippen LogP contribution is -2.59. The first-order valence-corrected chi connectivity index (χ1v) is 13.8. The molecule has 9 heteroatoms. The van der Waals surface area contributed by atoms with Crippen molar-refractivity contribution in [1.29, 1.82) is 0 Å². The molecule has 0 spiro atoms. The Morgan fingerprint density at radius 1 is 1.14 bits per heavy atom. The number of alkyl carbamates (subject to hydrolysis) is 1. The van der Waals surface area contributed by atoms with Gasteiger partial charge in [-0.3, -0.25) is 9.59 Å². The van der Waals surface area contributed by atoms with Gasteiger partial charge in [0.2, 0.25) is 5.91 Å². The summed E-state index contributed by atoms with van der Waals surface area (Å²) in [5.41, 5.74) is 0.127. The van der Waals surface area contributed by atoms with Crippen molar-refractivity contribution >= 4 is 29.7 Å². The Morgan fingerprint density at radius 2 is 1.78 bits per heavy atom. The molecule has 3 N–H and O–H groups in total. The summed E-state index contributed by atoms with van der Waals surface area (Å²) >= 11 is 1.51. The molecule has 2 fully saturated rings. The fraction of sp³-hybridized carbons (Fsp3) is 0.667. The highest BCUT2D eigenvalue weighted by atomic mass is 32.2. The molecule has 3 amide bonds. The van der Waals surface area contributed by atoms with Gasteiger partial charge in [-0.2, -0.15) is 0 Å². The highest BCUT2D eigenvalue weighted by Gasteiger charge is 2.50. The van der Waals surface area contributed by atoms with Gasteiger partial charge < -0.3 is 25.4 Å². The minimum atomic E-state index is -1.54. The van der Waals surface area contributed by atoms with E-state index in [9.17, 15) is 19.5 Å². The third kappa shape index (κ3) is 7.62. The number of hydrogen-bond acceptors (Lipinski definition) is 6. The molecule has 3 rings (SSSR count). The first-order chi connectivity index (χ1) is 16.9. The molecule has 1 saturated heterocycles. The van der Waals surface area contributed by atoms with Crippen molar-refractivity contribution in [2.24, 2.45) is 0 Å². The van der Waals surface area contributed by atoms with E-state index in [1.807, 2.05) is 44.2 Å². The van der Waals surface area contributed by atoms with Crippen molar-refractivity contribution < 1.29 is 24.2 Å². The maximum absolute atomic E-state index is 13.6. The van der Waals surface area contributed by atoms with Crippen molar-refractivity contribution in [3.8, 4) is 0 Å². The Hall–Kier alpha value is -2.26. The summed E-state index contributed by atoms with van der Waals surface area (Å²) < 4.78 is 4.87. The zero-order valence-electron chi connectivity index (χ0n) is 22.1. The minimum Gasteiger partial charge on any atom is -0.444 e. The fourth-order valence-corrected chi connectivity index (χ4v) is 5.99. The van der Waals surface area contributed by atoms with Gasteiger partial charge in [0.25, 0.3) is 5.91 Å². The average molecular weight is 520 g/mol. The lowest BCUT2D eigenvalue weighted by molar-refractivity contribution is -0.147. The van der Waals surface area contributed by atoms with Crippen LogP contribution in [0.4, 0.5) is 4.79 Å². The van der Waals surface area contributed by atoms with E-state index in [4.69, 9.17) is 4.74 Å². The van der Waals surface area contributed by atoms with Crippen LogP contribution in [0.3, 0.4) is 0 Å². The van der Waals surface area contributed by atoms with E-state index in [1.165, 1.54) is 23.1 Å². The van der Waals surface area contributed by atoms with Crippen LogP contribution in [0.5, 0.6) is 0 Å². The number of amides is 3. The van der Waals surface area contributed by atoms with Crippen LogP contribution in [-0.4, -0.2) is 68.4 Å². The Kier molecular flexibility index (Phi) is 9.33. The van der Waals surface area contributed by atoms with Crippen LogP contribution < -0.4 is 10.6 Å². The fourth-order valence-electron chi connectivity index (χ4n) is 4.85. The van der Waals surface area contributed by atoms with Gasteiger partial charge in [0.1, 0.15) is 11.6 Å². The summed E-state index contributed by atoms with van der Waals surface area (Å²) in [7, 11) is 0. The van der Waals surface area contributed by atoms with Crippen molar-refractivity contribution in [2.45, 2.75) is 108 Å². The number of nitrogens with zero attached hydrogens (tertiary/aromatic N) is 1. The molecule has 1 saturated carbocycles. The second-order valence-corrected chi connectivity index (χ2v) is 12.9. The predicted octanol–water partition coefficient (Wildman–Crippen LogP) is 3.61. The van der Waals surface area contributed by atoms with Gasteiger partial charge in [-0.1, -0.05) is 49.6 Å². The molecule has 1 aliphatic heterocycles. The monoisotopic (exact) mass is 519 g/mol. The molecule has 0 bridgehead atoms. The second-order valence-electron chi connectivity index (χ2n) is 11.3. The third-order valence-corrected chi connectivity index (χ3v) is 8.04. The molecule has 3 atom stereocenters. The molecule has 8 nitrogen and oxygen atoms in total. The van der Waals surface area contributed by atoms with E-state index in [0.717, 1.165) is 31.2 Å². The van der Waals surface area contributed by atoms with Crippen molar-refractivity contribution in [1.82, 2.24) is 15.5 Å². The van der Waals surface area contributed by atoms with Crippen LogP contribution in [0, 0.1) is 0 Å². The summed E-state index contributed by atoms with van der Waals surface area (Å²) in [5, 5.41) is 17.1. The zero-order valence-corrected chi connectivity index (χ0v) is 22.9. The lowest BCUT2D eigenvalue weighted by atomic mass is 9.93. The number of nitrogens with one attached hydrogen (secondary N) is 2. The predicted molar refractivity (Wildman–Crippen MR) is 141 cm³/mol. The summed E-state index contributed by atoms with van der Waals surface area (Å²) in [6.45, 7) is 9.14. The van der Waals surface area contributed by atoms with Gasteiger partial charge in [0, 0.05) is 10.8 Å². The molecule has 1 aromatic rings. The molecule has 1 aliphatic carbocycles. The smallest absolute Gasteiger partial charge is 0.407 e. The standard InChI is InChI=1S/C27H41N3O5S/c1-26(2,3)35-25(34)29-20(16-18-12-8-6-9-13-18)21(31)24(33)30-17-36-27(4,5)22(30)23(32)28-19-14-10-7-11-15-19/h6,8-9,12-13,19-22,31H,7,10-11,14-17H2,1-5H3,(H,28,32)(H,29,34)/t20-,21-,22+/m0/s1. The van der Waals surface area contributed by atoms with Gasteiger partial charge >= 0.3 is 6.09 Å². The Morgan fingerprint density at radius 3 is 2.39 bits per heavy atom. The molecular formula is C27H41N3O5S. The molecular weight excluding hydrogens is 478 g/mol. The van der Waals surface area contributed by atoms with Gasteiger partial charge in [0.15, 0.2) is 6.10 Å². The minimum absolute atomic E-state index is 0.120. The number of ether oxygens (including phenoxy) is 1. The molecule has 0 aromatic heterocycles. The van der Waals surface area contributed by atoms with E-state index in [0.29, 0.717) is 0 Å². The van der Waals surface area contributed by atoms with Crippen molar-refractivity contribution in [2.75, 3.05) is 5.88 Å². The van der Waals surface area contributed by atoms with E-state index in [2.05, 4.69) is 10.6 Å². The highest BCUT2D eigenvalue weighted by molar-refractivity contribution is 8.00. The van der Waals surface area contributed by atoms with Crippen LogP contribution in [-0.2, 0) is 20.7 Å². The SMILES string of the molecule is CC(C)(C)OC(=O)N[C@@H](Cc1ccccc1)[C@H](O)C(=O)N1CSC(C)(C)[C@H]1C(=O)NC1CCCCC1. The number of hydrogen-bond donors (Lipinski definition) is 3. The maximum atomic E-state index is 13.6. The van der Waals surface area contributed by atoms with Crippen LogP contribution in [0.15, 0.2) is 30.3 Å². The van der Waals surface area contributed by atoms with Crippen molar-refractivity contribution in [3.63, 3.8) is 0 Å². The Bertz CT molecular complexity index is 912. The van der Waals surface area contributed by atoms with Gasteiger partial charge in [-0.05, 0) is 59.4 Å². The number of aliphatic hydroxyl groups excluding tert-OH is 1. The van der Waals surface area contributed by atoms with E-state index < -0.39 is 40.5 Å². The van der Waals surface area contributed by atoms with Crippen LogP contribution >= 0.6 is 11.8 Å².